The highest BCUT2D eigenvalue weighted by atomic mass is 16.1. The predicted molar refractivity (Wildman–Crippen MR) is 88.3 cm³/mol. The number of hydrogen-bond donors (Lipinski definition) is 0. The van der Waals surface area contributed by atoms with E-state index in [1.54, 1.807) is 0 Å². The fourth-order valence-corrected chi connectivity index (χ4v) is 3.43. The number of benzene rings is 2. The van der Waals surface area contributed by atoms with Crippen molar-refractivity contribution in [2.75, 3.05) is 0 Å². The lowest BCUT2D eigenvalue weighted by atomic mass is 10.0. The van der Waals surface area contributed by atoms with Gasteiger partial charge in [0.05, 0.1) is 12.2 Å². The van der Waals surface area contributed by atoms with E-state index >= 15 is 0 Å². The van der Waals surface area contributed by atoms with Gasteiger partial charge in [0.1, 0.15) is 5.82 Å². The lowest BCUT2D eigenvalue weighted by Crippen LogP contribution is -2.27. The molecule has 0 fully saturated rings. The first-order valence-electron chi connectivity index (χ1n) is 7.80. The largest absolute Gasteiger partial charge is 0.292 e. The van der Waals surface area contributed by atoms with Crippen LogP contribution in [-0.2, 0) is 19.4 Å². The van der Waals surface area contributed by atoms with Crippen molar-refractivity contribution < 1.29 is 0 Å². The minimum absolute atomic E-state index is 0.146. The van der Waals surface area contributed by atoms with Crippen molar-refractivity contribution in [2.24, 2.45) is 0 Å². The molecule has 1 heterocycles. The van der Waals surface area contributed by atoms with E-state index in [1.807, 2.05) is 23.6 Å². The van der Waals surface area contributed by atoms with Gasteiger partial charge in [-0.15, -0.1) is 0 Å². The van der Waals surface area contributed by atoms with Crippen LogP contribution in [0.5, 0.6) is 0 Å². The Labute approximate surface area is 129 Å². The number of hydrogen-bond acceptors (Lipinski definition) is 2. The fraction of sp³-hybridized carbons (Fsp3) is 0.263. The summed E-state index contributed by atoms with van der Waals surface area (Å²) in [7, 11) is 0. The molecule has 0 aliphatic heterocycles. The maximum Gasteiger partial charge on any atom is 0.257 e. The fourth-order valence-electron chi connectivity index (χ4n) is 3.43. The van der Waals surface area contributed by atoms with Crippen molar-refractivity contribution in [3.8, 4) is 0 Å². The summed E-state index contributed by atoms with van der Waals surface area (Å²) in [6.45, 7) is 2.53. The smallest absolute Gasteiger partial charge is 0.257 e. The molecule has 3 heteroatoms. The molecule has 0 atom stereocenters. The Morgan fingerprint density at radius 2 is 1.91 bits per heavy atom. The molecule has 0 saturated carbocycles. The first kappa shape index (κ1) is 13.3. The summed E-state index contributed by atoms with van der Waals surface area (Å²) in [5, 5.41) is 2.41. The van der Waals surface area contributed by atoms with Crippen molar-refractivity contribution in [3.63, 3.8) is 0 Å². The van der Waals surface area contributed by atoms with E-state index in [4.69, 9.17) is 0 Å². The molecule has 4 rings (SSSR count). The molecule has 0 spiro atoms. The Bertz CT molecular complexity index is 919. The van der Waals surface area contributed by atoms with E-state index in [0.29, 0.717) is 6.54 Å². The number of aryl methyl sites for hydroxylation is 2. The van der Waals surface area contributed by atoms with Crippen LogP contribution in [0.25, 0.3) is 10.8 Å². The van der Waals surface area contributed by atoms with Crippen LogP contribution in [0.1, 0.15) is 29.1 Å². The molecule has 0 unspecified atom stereocenters. The molecule has 2 aromatic carbocycles. The van der Waals surface area contributed by atoms with Gasteiger partial charge in [-0.25, -0.2) is 4.98 Å². The maximum absolute atomic E-state index is 12.7. The van der Waals surface area contributed by atoms with Gasteiger partial charge in [-0.3, -0.25) is 9.36 Å². The minimum atomic E-state index is 0.146. The van der Waals surface area contributed by atoms with E-state index < -0.39 is 0 Å². The predicted octanol–water partition coefficient (Wildman–Crippen LogP) is 3.24. The second kappa shape index (κ2) is 5.09. The van der Waals surface area contributed by atoms with E-state index in [-0.39, 0.29) is 5.56 Å². The summed E-state index contributed by atoms with van der Waals surface area (Å²) < 4.78 is 1.83. The van der Waals surface area contributed by atoms with Crippen molar-refractivity contribution in [1.82, 2.24) is 9.55 Å². The van der Waals surface area contributed by atoms with Crippen LogP contribution < -0.4 is 5.56 Å². The van der Waals surface area contributed by atoms with Crippen molar-refractivity contribution in [3.05, 3.63) is 75.5 Å². The summed E-state index contributed by atoms with van der Waals surface area (Å²) in [5.74, 6) is 0.818. The molecule has 3 nitrogen and oxygen atoms in total. The molecule has 1 aromatic heterocycles. The molecule has 1 aliphatic rings. The zero-order chi connectivity index (χ0) is 15.1. The Morgan fingerprint density at radius 1 is 1.09 bits per heavy atom. The normalized spacial score (nSPS) is 13.5. The topological polar surface area (TPSA) is 34.9 Å². The molecular weight excluding hydrogens is 272 g/mol. The Kier molecular flexibility index (Phi) is 3.07. The highest BCUT2D eigenvalue weighted by Gasteiger charge is 2.19. The zero-order valence-electron chi connectivity index (χ0n) is 12.7. The molecule has 0 N–H and O–H groups in total. The summed E-state index contributed by atoms with van der Waals surface area (Å²) in [4.78, 5) is 17.4. The van der Waals surface area contributed by atoms with Crippen LogP contribution >= 0.6 is 0 Å². The molecule has 1 aliphatic carbocycles. The van der Waals surface area contributed by atoms with Crippen LogP contribution in [0.15, 0.2) is 47.3 Å². The number of rotatable bonds is 2. The van der Waals surface area contributed by atoms with Crippen molar-refractivity contribution in [2.45, 2.75) is 32.7 Å². The average molecular weight is 290 g/mol. The standard InChI is InChI=1S/C19H18N2O/c1-13-20-18-11-5-10-17(18)19(22)21(13)12-15-8-4-7-14-6-2-3-9-16(14)15/h2-4,6-9H,5,10-12H2,1H3. The second-order valence-corrected chi connectivity index (χ2v) is 5.97. The molecule has 22 heavy (non-hydrogen) atoms. The third kappa shape index (κ3) is 2.05. The van der Waals surface area contributed by atoms with Gasteiger partial charge in [-0.1, -0.05) is 42.5 Å². The molecule has 3 aromatic rings. The third-order valence-corrected chi connectivity index (χ3v) is 4.59. The van der Waals surface area contributed by atoms with Gasteiger partial charge in [0.15, 0.2) is 0 Å². The van der Waals surface area contributed by atoms with Gasteiger partial charge in [0.2, 0.25) is 0 Å². The van der Waals surface area contributed by atoms with Crippen molar-refractivity contribution in [1.29, 1.82) is 0 Å². The summed E-state index contributed by atoms with van der Waals surface area (Å²) >= 11 is 0. The van der Waals surface area contributed by atoms with Crippen LogP contribution in [0, 0.1) is 6.92 Å². The van der Waals surface area contributed by atoms with E-state index in [1.165, 1.54) is 16.3 Å². The van der Waals surface area contributed by atoms with Gasteiger partial charge in [-0.2, -0.15) is 0 Å². The van der Waals surface area contributed by atoms with Gasteiger partial charge >= 0.3 is 0 Å². The van der Waals surface area contributed by atoms with Crippen molar-refractivity contribution >= 4 is 10.8 Å². The molecule has 0 bridgehead atoms. The molecule has 0 saturated heterocycles. The minimum Gasteiger partial charge on any atom is -0.292 e. The van der Waals surface area contributed by atoms with Gasteiger partial charge in [0.25, 0.3) is 5.56 Å². The van der Waals surface area contributed by atoms with Crippen LogP contribution in [0.3, 0.4) is 0 Å². The first-order valence-corrected chi connectivity index (χ1v) is 7.80. The summed E-state index contributed by atoms with van der Waals surface area (Å²) in [6.07, 6.45) is 2.87. The maximum atomic E-state index is 12.7. The van der Waals surface area contributed by atoms with E-state index in [0.717, 1.165) is 36.3 Å². The zero-order valence-corrected chi connectivity index (χ0v) is 12.7. The highest BCUT2D eigenvalue weighted by molar-refractivity contribution is 5.85. The molecule has 110 valence electrons. The van der Waals surface area contributed by atoms with Gasteiger partial charge in [0, 0.05) is 5.56 Å². The van der Waals surface area contributed by atoms with Crippen LogP contribution in [0.4, 0.5) is 0 Å². The van der Waals surface area contributed by atoms with E-state index in [9.17, 15) is 4.79 Å². The van der Waals surface area contributed by atoms with Crippen LogP contribution in [0.2, 0.25) is 0 Å². The third-order valence-electron chi connectivity index (χ3n) is 4.59. The first-order chi connectivity index (χ1) is 10.7. The quantitative estimate of drug-likeness (QED) is 0.726. The number of fused-ring (bicyclic) bond motifs is 2. The van der Waals surface area contributed by atoms with Gasteiger partial charge < -0.3 is 0 Å². The van der Waals surface area contributed by atoms with Crippen LogP contribution in [-0.4, -0.2) is 9.55 Å². The van der Waals surface area contributed by atoms with E-state index in [2.05, 4.69) is 35.3 Å². The summed E-state index contributed by atoms with van der Waals surface area (Å²) in [5.41, 5.74) is 3.25. The highest BCUT2D eigenvalue weighted by Crippen LogP contribution is 2.21. The molecular formula is C19H18N2O. The lowest BCUT2D eigenvalue weighted by Gasteiger charge is -2.13. The SMILES string of the molecule is Cc1nc2c(c(=O)n1Cc1cccc3ccccc13)CCC2. The van der Waals surface area contributed by atoms with Gasteiger partial charge in [-0.05, 0) is 42.5 Å². The lowest BCUT2D eigenvalue weighted by molar-refractivity contribution is 0.689. The Hall–Kier alpha value is -2.42. The molecule has 0 amide bonds. The Balaban J connectivity index is 1.86. The molecule has 0 radical (unpaired) electrons. The second-order valence-electron chi connectivity index (χ2n) is 5.97. The average Bonchev–Trinajstić information content (AvgIpc) is 3.00. The Morgan fingerprint density at radius 3 is 2.82 bits per heavy atom. The summed E-state index contributed by atoms with van der Waals surface area (Å²) in [6, 6.07) is 14.6. The number of aromatic nitrogens is 2. The monoisotopic (exact) mass is 290 g/mol. The number of nitrogens with zero attached hydrogens (tertiary/aromatic N) is 2.